The monoisotopic (exact) mass is 362 g/mol. The maximum absolute atomic E-state index is 12.3. The van der Waals surface area contributed by atoms with E-state index in [4.69, 9.17) is 0 Å². The van der Waals surface area contributed by atoms with Gasteiger partial charge in [0.1, 0.15) is 11.4 Å². The van der Waals surface area contributed by atoms with Crippen LogP contribution in [0.2, 0.25) is 0 Å². The number of ether oxygens (including phenoxy) is 1. The van der Waals surface area contributed by atoms with E-state index in [1.807, 2.05) is 0 Å². The quantitative estimate of drug-likeness (QED) is 0.708. The summed E-state index contributed by atoms with van der Waals surface area (Å²) in [6.45, 7) is 3.54. The Bertz CT molecular complexity index is 949. The highest BCUT2D eigenvalue weighted by Crippen LogP contribution is 2.27. The van der Waals surface area contributed by atoms with Crippen LogP contribution in [0.5, 0.6) is 5.75 Å². The van der Waals surface area contributed by atoms with E-state index >= 15 is 0 Å². The zero-order valence-corrected chi connectivity index (χ0v) is 13.3. The Kier molecular flexibility index (Phi) is 4.61. The summed E-state index contributed by atoms with van der Waals surface area (Å²) < 4.78 is 42.4. The van der Waals surface area contributed by atoms with E-state index in [-0.39, 0.29) is 18.2 Å². The molecule has 0 aliphatic heterocycles. The number of amides is 1. The third-order valence-electron chi connectivity index (χ3n) is 3.41. The number of hydrogen-bond acceptors (Lipinski definition) is 4. The molecule has 2 heterocycles. The summed E-state index contributed by atoms with van der Waals surface area (Å²) >= 11 is 0. The molecule has 1 aromatic carbocycles. The lowest BCUT2D eigenvalue weighted by atomic mass is 10.1. The lowest BCUT2D eigenvalue weighted by Crippen LogP contribution is -2.21. The molecular weight excluding hydrogens is 349 g/mol. The zero-order chi connectivity index (χ0) is 18.7. The Balaban J connectivity index is 1.94. The highest BCUT2D eigenvalue weighted by molar-refractivity contribution is 5.86. The summed E-state index contributed by atoms with van der Waals surface area (Å²) in [4.78, 5) is 20.0. The Hall–Kier alpha value is -3.36. The van der Waals surface area contributed by atoms with Gasteiger partial charge in [0.15, 0.2) is 5.65 Å². The van der Waals surface area contributed by atoms with Gasteiger partial charge in [-0.15, -0.1) is 13.2 Å². The van der Waals surface area contributed by atoms with Crippen molar-refractivity contribution in [3.8, 4) is 17.0 Å². The SMILES string of the molecule is C=CC(=O)NCc1cn2ccnc2c(-c2ccc(OC(F)(F)F)cc2)n1. The van der Waals surface area contributed by atoms with Crippen molar-refractivity contribution in [1.82, 2.24) is 19.7 Å². The second-order valence-corrected chi connectivity index (χ2v) is 5.23. The fourth-order valence-corrected chi connectivity index (χ4v) is 2.33. The molecule has 0 fully saturated rings. The molecule has 0 aliphatic rings. The van der Waals surface area contributed by atoms with Crippen LogP contribution in [-0.2, 0) is 11.3 Å². The smallest absolute Gasteiger partial charge is 0.406 e. The van der Waals surface area contributed by atoms with Crippen LogP contribution >= 0.6 is 0 Å². The van der Waals surface area contributed by atoms with E-state index in [0.717, 1.165) is 6.08 Å². The number of hydrogen-bond donors (Lipinski definition) is 1. The number of nitrogens with zero attached hydrogens (tertiary/aromatic N) is 3. The molecule has 2 aromatic heterocycles. The standard InChI is InChI=1S/C17H13F3N4O2/c1-2-14(25)22-9-12-10-24-8-7-21-16(24)15(23-12)11-3-5-13(6-4-11)26-17(18,19)20/h2-8,10H,1,9H2,(H,22,25). The van der Waals surface area contributed by atoms with Crippen molar-refractivity contribution in [1.29, 1.82) is 0 Å². The van der Waals surface area contributed by atoms with Crippen molar-refractivity contribution in [3.05, 3.63) is 61.2 Å². The van der Waals surface area contributed by atoms with Gasteiger partial charge in [0, 0.05) is 24.2 Å². The highest BCUT2D eigenvalue weighted by Gasteiger charge is 2.31. The van der Waals surface area contributed by atoms with Crippen molar-refractivity contribution in [2.45, 2.75) is 12.9 Å². The summed E-state index contributed by atoms with van der Waals surface area (Å²) in [6.07, 6.45) is 1.39. The molecular formula is C17H13F3N4O2. The first-order valence-electron chi connectivity index (χ1n) is 7.45. The maximum atomic E-state index is 12.3. The molecule has 26 heavy (non-hydrogen) atoms. The molecule has 9 heteroatoms. The summed E-state index contributed by atoms with van der Waals surface area (Å²) in [6, 6.07) is 5.33. The van der Waals surface area contributed by atoms with Crippen molar-refractivity contribution >= 4 is 11.6 Å². The zero-order valence-electron chi connectivity index (χ0n) is 13.3. The number of fused-ring (bicyclic) bond motifs is 1. The van der Waals surface area contributed by atoms with Crippen LogP contribution in [0, 0.1) is 0 Å². The summed E-state index contributed by atoms with van der Waals surface area (Å²) in [5.74, 6) is -0.664. The van der Waals surface area contributed by atoms with Gasteiger partial charge in [-0.05, 0) is 30.3 Å². The lowest BCUT2D eigenvalue weighted by Gasteiger charge is -2.10. The second kappa shape index (κ2) is 6.87. The first kappa shape index (κ1) is 17.5. The molecule has 1 amide bonds. The molecule has 0 aliphatic carbocycles. The van der Waals surface area contributed by atoms with Gasteiger partial charge in [0.25, 0.3) is 0 Å². The fraction of sp³-hybridized carbons (Fsp3) is 0.118. The van der Waals surface area contributed by atoms with Gasteiger partial charge in [0.2, 0.25) is 5.91 Å². The molecule has 134 valence electrons. The Morgan fingerprint density at radius 1 is 1.31 bits per heavy atom. The number of carbonyl (C=O) groups is 1. The van der Waals surface area contributed by atoms with Crippen LogP contribution < -0.4 is 10.1 Å². The molecule has 0 spiro atoms. The summed E-state index contributed by atoms with van der Waals surface area (Å²) in [5.41, 5.74) is 2.12. The van der Waals surface area contributed by atoms with E-state index in [2.05, 4.69) is 26.6 Å². The van der Waals surface area contributed by atoms with Crippen LogP contribution in [0.3, 0.4) is 0 Å². The van der Waals surface area contributed by atoms with Gasteiger partial charge in [-0.25, -0.2) is 9.97 Å². The molecule has 1 N–H and O–H groups in total. The van der Waals surface area contributed by atoms with Crippen molar-refractivity contribution in [2.24, 2.45) is 0 Å². The largest absolute Gasteiger partial charge is 0.573 e. The topological polar surface area (TPSA) is 68.5 Å². The van der Waals surface area contributed by atoms with Gasteiger partial charge in [-0.1, -0.05) is 6.58 Å². The highest BCUT2D eigenvalue weighted by atomic mass is 19.4. The second-order valence-electron chi connectivity index (χ2n) is 5.23. The van der Waals surface area contributed by atoms with Crippen LogP contribution in [0.15, 0.2) is 55.5 Å². The predicted molar refractivity (Wildman–Crippen MR) is 87.1 cm³/mol. The van der Waals surface area contributed by atoms with Gasteiger partial charge in [-0.2, -0.15) is 0 Å². The molecule has 0 bridgehead atoms. The Morgan fingerprint density at radius 2 is 2.04 bits per heavy atom. The van der Waals surface area contributed by atoms with Crippen LogP contribution in [0.25, 0.3) is 16.9 Å². The average Bonchev–Trinajstić information content (AvgIpc) is 3.06. The minimum Gasteiger partial charge on any atom is -0.406 e. The molecule has 3 aromatic rings. The molecule has 3 rings (SSSR count). The number of aromatic nitrogens is 3. The molecule has 0 saturated heterocycles. The first-order valence-corrected chi connectivity index (χ1v) is 7.45. The predicted octanol–water partition coefficient (Wildman–Crippen LogP) is 3.10. The normalized spacial score (nSPS) is 11.3. The van der Waals surface area contributed by atoms with Crippen LogP contribution in [0.4, 0.5) is 13.2 Å². The van der Waals surface area contributed by atoms with Crippen LogP contribution in [-0.4, -0.2) is 26.6 Å². The van der Waals surface area contributed by atoms with Crippen molar-refractivity contribution in [3.63, 3.8) is 0 Å². The molecule has 0 radical (unpaired) electrons. The number of nitrogens with one attached hydrogen (secondary N) is 1. The van der Waals surface area contributed by atoms with Gasteiger partial charge < -0.3 is 14.5 Å². The third-order valence-corrected chi connectivity index (χ3v) is 3.41. The van der Waals surface area contributed by atoms with Crippen LogP contribution in [0.1, 0.15) is 5.69 Å². The van der Waals surface area contributed by atoms with Crippen molar-refractivity contribution in [2.75, 3.05) is 0 Å². The van der Waals surface area contributed by atoms with E-state index in [1.54, 1.807) is 23.0 Å². The Morgan fingerprint density at radius 3 is 2.69 bits per heavy atom. The van der Waals surface area contributed by atoms with E-state index in [9.17, 15) is 18.0 Å². The number of imidazole rings is 1. The lowest BCUT2D eigenvalue weighted by molar-refractivity contribution is -0.274. The third kappa shape index (κ3) is 4.00. The number of carbonyl (C=O) groups excluding carboxylic acids is 1. The van der Waals surface area contributed by atoms with E-state index < -0.39 is 6.36 Å². The molecule has 6 nitrogen and oxygen atoms in total. The van der Waals surface area contributed by atoms with E-state index in [0.29, 0.717) is 22.6 Å². The fourth-order valence-electron chi connectivity index (χ4n) is 2.33. The van der Waals surface area contributed by atoms with E-state index in [1.165, 1.54) is 24.3 Å². The number of benzene rings is 1. The molecule has 0 atom stereocenters. The number of halogens is 3. The Labute approximate surface area is 146 Å². The summed E-state index contributed by atoms with van der Waals surface area (Å²) in [5, 5.41) is 2.62. The molecule has 0 unspecified atom stereocenters. The summed E-state index contributed by atoms with van der Waals surface area (Å²) in [7, 11) is 0. The van der Waals surface area contributed by atoms with Crippen molar-refractivity contribution < 1.29 is 22.7 Å². The maximum Gasteiger partial charge on any atom is 0.573 e. The average molecular weight is 362 g/mol. The number of alkyl halides is 3. The van der Waals surface area contributed by atoms with Gasteiger partial charge >= 0.3 is 6.36 Å². The minimum absolute atomic E-state index is 0.168. The first-order chi connectivity index (χ1) is 12.4. The van der Waals surface area contributed by atoms with Gasteiger partial charge in [-0.3, -0.25) is 4.79 Å². The molecule has 0 saturated carbocycles. The number of rotatable bonds is 5. The minimum atomic E-state index is -4.75. The van der Waals surface area contributed by atoms with Gasteiger partial charge in [0.05, 0.1) is 12.2 Å².